The molecule has 0 aliphatic carbocycles. The van der Waals surface area contributed by atoms with Crippen molar-refractivity contribution in [3.8, 4) is 0 Å². The van der Waals surface area contributed by atoms with Crippen molar-refractivity contribution in [1.29, 1.82) is 0 Å². The van der Waals surface area contributed by atoms with Crippen molar-refractivity contribution in [1.82, 2.24) is 15.1 Å². The Bertz CT molecular complexity index is 1150. The quantitative estimate of drug-likeness (QED) is 0.406. The molecule has 1 aliphatic rings. The minimum atomic E-state index is -2.94. The Morgan fingerprint density at radius 2 is 1.73 bits per heavy atom. The van der Waals surface area contributed by atoms with Crippen LogP contribution in [0, 0.1) is 5.92 Å². The Hall–Kier alpha value is -2.65. The number of benzene rings is 2. The highest BCUT2D eigenvalue weighted by atomic mass is 32.2. The van der Waals surface area contributed by atoms with Crippen LogP contribution >= 0.6 is 11.8 Å². The number of amides is 1. The molecule has 1 aliphatic heterocycles. The molecular formula is C24H27N3O4S2. The van der Waals surface area contributed by atoms with Gasteiger partial charge in [-0.1, -0.05) is 72.4 Å². The molecule has 9 heteroatoms. The maximum Gasteiger partial charge on any atom is 0.277 e. The number of hydrogen-bond acceptors (Lipinski definition) is 7. The van der Waals surface area contributed by atoms with E-state index in [0.717, 1.165) is 12.0 Å². The first-order valence-corrected chi connectivity index (χ1v) is 13.8. The van der Waals surface area contributed by atoms with Gasteiger partial charge in [-0.25, -0.2) is 8.42 Å². The van der Waals surface area contributed by atoms with E-state index in [1.54, 1.807) is 0 Å². The zero-order chi connectivity index (χ0) is 23.1. The second-order valence-electron chi connectivity index (χ2n) is 8.26. The second kappa shape index (κ2) is 11.0. The average Bonchev–Trinajstić information content (AvgIpc) is 3.41. The van der Waals surface area contributed by atoms with Crippen molar-refractivity contribution in [2.75, 3.05) is 23.8 Å². The first-order valence-electron chi connectivity index (χ1n) is 11.0. The van der Waals surface area contributed by atoms with Gasteiger partial charge < -0.3 is 9.32 Å². The normalized spacial score (nSPS) is 17.2. The average molecular weight is 486 g/mol. The second-order valence-corrected chi connectivity index (χ2v) is 11.4. The SMILES string of the molecule is O=C(CSc1nnc(CC2CCS(=O)(=O)C2)o1)N(CCc1ccccc1)Cc1ccccc1. The zero-order valence-corrected chi connectivity index (χ0v) is 19.9. The molecular weight excluding hydrogens is 458 g/mol. The summed E-state index contributed by atoms with van der Waals surface area (Å²) in [6, 6.07) is 20.1. The summed E-state index contributed by atoms with van der Waals surface area (Å²) < 4.78 is 28.9. The molecule has 4 rings (SSSR count). The van der Waals surface area contributed by atoms with Crippen LogP contribution in [0.5, 0.6) is 0 Å². The van der Waals surface area contributed by atoms with E-state index in [9.17, 15) is 13.2 Å². The lowest BCUT2D eigenvalue weighted by molar-refractivity contribution is -0.128. The summed E-state index contributed by atoms with van der Waals surface area (Å²) in [5.41, 5.74) is 2.27. The molecule has 174 valence electrons. The van der Waals surface area contributed by atoms with Crippen LogP contribution in [0.25, 0.3) is 0 Å². The maximum atomic E-state index is 13.0. The third kappa shape index (κ3) is 7.17. The number of nitrogens with zero attached hydrogens (tertiary/aromatic N) is 3. The lowest BCUT2D eigenvalue weighted by Gasteiger charge is -2.22. The number of rotatable bonds is 10. The molecule has 0 saturated carbocycles. The van der Waals surface area contributed by atoms with E-state index in [0.29, 0.717) is 37.0 Å². The number of sulfone groups is 1. The predicted molar refractivity (Wildman–Crippen MR) is 127 cm³/mol. The van der Waals surface area contributed by atoms with Gasteiger partial charge in [-0.05, 0) is 29.9 Å². The van der Waals surface area contributed by atoms with E-state index >= 15 is 0 Å². The summed E-state index contributed by atoms with van der Waals surface area (Å²) in [5.74, 6) is 1.04. The molecule has 0 N–H and O–H groups in total. The van der Waals surface area contributed by atoms with Gasteiger partial charge in [-0.15, -0.1) is 10.2 Å². The van der Waals surface area contributed by atoms with Crippen molar-refractivity contribution in [2.45, 2.75) is 31.0 Å². The van der Waals surface area contributed by atoms with Crippen LogP contribution in [0.2, 0.25) is 0 Å². The number of thioether (sulfide) groups is 1. The van der Waals surface area contributed by atoms with Gasteiger partial charge in [0.2, 0.25) is 11.8 Å². The fraction of sp³-hybridized carbons (Fsp3) is 0.375. The molecule has 2 heterocycles. The number of hydrogen-bond donors (Lipinski definition) is 0. The van der Waals surface area contributed by atoms with Crippen LogP contribution in [-0.2, 0) is 34.0 Å². The fourth-order valence-corrected chi connectivity index (χ4v) is 6.42. The minimum absolute atomic E-state index is 0.00132. The van der Waals surface area contributed by atoms with Crippen LogP contribution < -0.4 is 0 Å². The zero-order valence-electron chi connectivity index (χ0n) is 18.3. The molecule has 3 aromatic rings. The summed E-state index contributed by atoms with van der Waals surface area (Å²) in [6.45, 7) is 1.15. The monoisotopic (exact) mass is 485 g/mol. The Labute approximate surface area is 198 Å². The summed E-state index contributed by atoms with van der Waals surface area (Å²) >= 11 is 1.22. The molecule has 0 bridgehead atoms. The summed E-state index contributed by atoms with van der Waals surface area (Å²) in [7, 11) is -2.94. The van der Waals surface area contributed by atoms with E-state index < -0.39 is 9.84 Å². The Morgan fingerprint density at radius 1 is 1.03 bits per heavy atom. The number of carbonyl (C=O) groups excluding carboxylic acids is 1. The van der Waals surface area contributed by atoms with Crippen LogP contribution in [0.3, 0.4) is 0 Å². The van der Waals surface area contributed by atoms with Crippen molar-refractivity contribution in [3.63, 3.8) is 0 Å². The molecule has 1 saturated heterocycles. The predicted octanol–water partition coefficient (Wildman–Crippen LogP) is 3.41. The number of carbonyl (C=O) groups is 1. The minimum Gasteiger partial charge on any atom is -0.416 e. The van der Waals surface area contributed by atoms with E-state index in [1.807, 2.05) is 53.4 Å². The van der Waals surface area contributed by atoms with Crippen molar-refractivity contribution in [3.05, 3.63) is 77.7 Å². The molecule has 1 aromatic heterocycles. The molecule has 7 nitrogen and oxygen atoms in total. The Balaban J connectivity index is 1.33. The van der Waals surface area contributed by atoms with Gasteiger partial charge in [0.25, 0.3) is 5.22 Å². The van der Waals surface area contributed by atoms with Gasteiger partial charge >= 0.3 is 0 Å². The van der Waals surface area contributed by atoms with E-state index in [4.69, 9.17) is 4.42 Å². The molecule has 0 spiro atoms. The van der Waals surface area contributed by atoms with E-state index in [-0.39, 0.29) is 29.1 Å². The largest absolute Gasteiger partial charge is 0.416 e. The van der Waals surface area contributed by atoms with Crippen LogP contribution in [0.1, 0.15) is 23.4 Å². The maximum absolute atomic E-state index is 13.0. The van der Waals surface area contributed by atoms with Gasteiger partial charge in [0.1, 0.15) is 0 Å². The smallest absolute Gasteiger partial charge is 0.277 e. The fourth-order valence-electron chi connectivity index (χ4n) is 3.88. The lowest BCUT2D eigenvalue weighted by Crippen LogP contribution is -2.33. The molecule has 1 atom stereocenters. The highest BCUT2D eigenvalue weighted by Crippen LogP contribution is 2.24. The Kier molecular flexibility index (Phi) is 7.82. The van der Waals surface area contributed by atoms with E-state index in [2.05, 4.69) is 22.3 Å². The highest BCUT2D eigenvalue weighted by Gasteiger charge is 2.29. The van der Waals surface area contributed by atoms with Crippen LogP contribution in [0.4, 0.5) is 0 Å². The standard InChI is InChI=1S/C24H27N3O4S2/c28-23(17-32-24-26-25-22(31-24)15-21-12-14-33(29,30)18-21)27(16-20-9-5-2-6-10-20)13-11-19-7-3-1-4-8-19/h1-10,21H,11-18H2. The first-order chi connectivity index (χ1) is 16.0. The van der Waals surface area contributed by atoms with Crippen LogP contribution in [-0.4, -0.2) is 53.2 Å². The topological polar surface area (TPSA) is 93.4 Å². The lowest BCUT2D eigenvalue weighted by atomic mass is 10.1. The van der Waals surface area contributed by atoms with Gasteiger partial charge in [0.15, 0.2) is 9.84 Å². The third-order valence-corrected chi connectivity index (χ3v) is 8.28. The summed E-state index contributed by atoms with van der Waals surface area (Å²) in [6.07, 6.45) is 1.86. The number of aromatic nitrogens is 2. The van der Waals surface area contributed by atoms with Crippen LogP contribution in [0.15, 0.2) is 70.3 Å². The molecule has 1 amide bonds. The van der Waals surface area contributed by atoms with Gasteiger partial charge in [0, 0.05) is 19.5 Å². The molecule has 1 fully saturated rings. The van der Waals surface area contributed by atoms with Gasteiger partial charge in [-0.2, -0.15) is 0 Å². The highest BCUT2D eigenvalue weighted by molar-refractivity contribution is 7.99. The van der Waals surface area contributed by atoms with Crippen molar-refractivity contribution >= 4 is 27.5 Å². The molecule has 1 unspecified atom stereocenters. The Morgan fingerprint density at radius 3 is 2.39 bits per heavy atom. The van der Waals surface area contributed by atoms with Crippen molar-refractivity contribution in [2.24, 2.45) is 5.92 Å². The summed E-state index contributed by atoms with van der Waals surface area (Å²) in [5, 5.41) is 8.40. The van der Waals surface area contributed by atoms with Gasteiger partial charge in [0.05, 0.1) is 17.3 Å². The molecule has 33 heavy (non-hydrogen) atoms. The van der Waals surface area contributed by atoms with Crippen molar-refractivity contribution < 1.29 is 17.6 Å². The van der Waals surface area contributed by atoms with Gasteiger partial charge in [-0.3, -0.25) is 4.79 Å². The molecule has 0 radical (unpaired) electrons. The van der Waals surface area contributed by atoms with E-state index in [1.165, 1.54) is 17.3 Å². The summed E-state index contributed by atoms with van der Waals surface area (Å²) in [4.78, 5) is 14.9. The first kappa shape index (κ1) is 23.5. The molecule has 2 aromatic carbocycles. The third-order valence-electron chi connectivity index (χ3n) is 5.64.